The molecule has 0 spiro atoms. The highest BCUT2D eigenvalue weighted by Crippen LogP contribution is 2.65. The number of ether oxygens (including phenoxy) is 1. The van der Waals surface area contributed by atoms with Crippen LogP contribution in [0.25, 0.3) is 0 Å². The van der Waals surface area contributed by atoms with Crippen molar-refractivity contribution < 1.29 is 59.8 Å². The minimum absolute atomic E-state index is 0.0105. The van der Waals surface area contributed by atoms with Gasteiger partial charge in [-0.1, -0.05) is 35.4 Å². The van der Waals surface area contributed by atoms with Crippen LogP contribution in [0.2, 0.25) is 5.02 Å². The van der Waals surface area contributed by atoms with E-state index in [4.69, 9.17) is 16.3 Å². The fourth-order valence-corrected chi connectivity index (χ4v) is 8.66. The third-order valence-electron chi connectivity index (χ3n) is 10.8. The van der Waals surface area contributed by atoms with Crippen molar-refractivity contribution in [1.29, 1.82) is 0 Å². The largest absolute Gasteiger partial charge is 0.504 e. The molecular formula is C36H26ClF7N2O6. The Bertz CT molecular complexity index is 2080. The number of nitrogens with zero attached hydrogens (tertiary/aromatic N) is 2. The van der Waals surface area contributed by atoms with E-state index < -0.39 is 93.6 Å². The molecule has 6 atom stereocenters. The fraction of sp³-hybridized carbons (Fsp3) is 0.333. The van der Waals surface area contributed by atoms with Crippen LogP contribution in [-0.2, 0) is 31.5 Å². The molecule has 3 aromatic rings. The highest BCUT2D eigenvalue weighted by atomic mass is 35.5. The van der Waals surface area contributed by atoms with Gasteiger partial charge in [-0.3, -0.25) is 19.2 Å². The van der Waals surface area contributed by atoms with Crippen molar-refractivity contribution in [3.8, 4) is 11.5 Å². The number of alkyl halides is 6. The summed E-state index contributed by atoms with van der Waals surface area (Å²) in [5.41, 5.74) is -5.57. The van der Waals surface area contributed by atoms with E-state index in [1.807, 2.05) is 0 Å². The monoisotopic (exact) mass is 750 g/mol. The Labute approximate surface area is 295 Å². The number of hydrogen-bond acceptors (Lipinski definition) is 6. The first-order valence-electron chi connectivity index (χ1n) is 15.9. The maximum absolute atomic E-state index is 14.5. The van der Waals surface area contributed by atoms with Crippen molar-refractivity contribution in [3.05, 3.63) is 93.8 Å². The second-order valence-electron chi connectivity index (χ2n) is 13.4. The van der Waals surface area contributed by atoms with Crippen LogP contribution in [0.1, 0.15) is 42.4 Å². The van der Waals surface area contributed by atoms with Crippen molar-refractivity contribution in [2.45, 2.75) is 38.0 Å². The van der Waals surface area contributed by atoms with Crippen LogP contribution in [0, 0.1) is 34.9 Å². The van der Waals surface area contributed by atoms with Gasteiger partial charge in [-0.05, 0) is 68.1 Å². The number of hydrogen-bond donors (Lipinski definition) is 1. The second-order valence-corrected chi connectivity index (χ2v) is 13.8. The smallest absolute Gasteiger partial charge is 0.416 e. The summed E-state index contributed by atoms with van der Waals surface area (Å²) < 4.78 is 102. The molecule has 8 nitrogen and oxygen atoms in total. The molecule has 4 aliphatic rings. The van der Waals surface area contributed by atoms with Gasteiger partial charge in [-0.25, -0.2) is 14.2 Å². The van der Waals surface area contributed by atoms with Crippen LogP contribution in [0.15, 0.2) is 66.2 Å². The van der Waals surface area contributed by atoms with Gasteiger partial charge in [-0.15, -0.1) is 0 Å². The average Bonchev–Trinajstić information content (AvgIpc) is 3.45. The Morgan fingerprint density at radius 1 is 0.846 bits per heavy atom. The summed E-state index contributed by atoms with van der Waals surface area (Å²) in [7, 11) is 1.29. The highest BCUT2D eigenvalue weighted by molar-refractivity contribution is 6.32. The lowest BCUT2D eigenvalue weighted by Crippen LogP contribution is -2.48. The molecule has 272 valence electrons. The molecule has 4 amide bonds. The molecule has 1 saturated carbocycles. The summed E-state index contributed by atoms with van der Waals surface area (Å²) in [6, 6.07) is 8.19. The predicted octanol–water partition coefficient (Wildman–Crippen LogP) is 7.67. The summed E-state index contributed by atoms with van der Waals surface area (Å²) in [5.74, 6) is -10.8. The summed E-state index contributed by atoms with van der Waals surface area (Å²) in [4.78, 5) is 58.0. The number of fused-ring (bicyclic) bond motifs is 4. The number of carbonyl (C=O) groups is 4. The Morgan fingerprint density at radius 3 is 2.10 bits per heavy atom. The first-order valence-corrected chi connectivity index (χ1v) is 16.2. The number of imide groups is 2. The number of methoxy groups -OCH3 is 1. The van der Waals surface area contributed by atoms with Gasteiger partial charge < -0.3 is 9.84 Å². The summed E-state index contributed by atoms with van der Waals surface area (Å²) in [5, 5.41) is 11.0. The van der Waals surface area contributed by atoms with Crippen LogP contribution >= 0.6 is 11.6 Å². The average molecular weight is 751 g/mol. The molecule has 7 rings (SSSR count). The molecule has 16 heteroatoms. The zero-order chi connectivity index (χ0) is 37.8. The van der Waals surface area contributed by atoms with Crippen molar-refractivity contribution in [3.63, 3.8) is 0 Å². The van der Waals surface area contributed by atoms with Crippen LogP contribution in [-0.4, -0.2) is 35.8 Å². The lowest BCUT2D eigenvalue weighted by atomic mass is 9.51. The fourth-order valence-electron chi connectivity index (χ4n) is 8.49. The van der Waals surface area contributed by atoms with E-state index in [1.54, 1.807) is 6.08 Å². The molecular weight excluding hydrogens is 725 g/mol. The van der Waals surface area contributed by atoms with Gasteiger partial charge in [0.15, 0.2) is 11.5 Å². The molecule has 1 N–H and O–H groups in total. The molecule has 3 aromatic carbocycles. The molecule has 0 bridgehead atoms. The number of allylic oxidation sites excluding steroid dienone is 2. The van der Waals surface area contributed by atoms with E-state index in [2.05, 4.69) is 0 Å². The topological polar surface area (TPSA) is 104 Å². The zero-order valence-corrected chi connectivity index (χ0v) is 27.7. The van der Waals surface area contributed by atoms with Crippen molar-refractivity contribution in [1.82, 2.24) is 0 Å². The number of benzene rings is 3. The number of phenolic OH excluding ortho intramolecular Hbond substituents is 1. The summed E-state index contributed by atoms with van der Waals surface area (Å²) in [6.45, 7) is 1.50. The van der Waals surface area contributed by atoms with Crippen LogP contribution < -0.4 is 14.5 Å². The third kappa shape index (κ3) is 5.10. The number of halogens is 8. The van der Waals surface area contributed by atoms with Crippen molar-refractivity contribution in [2.24, 2.45) is 29.1 Å². The number of rotatable bonds is 4. The molecule has 2 aliphatic carbocycles. The second kappa shape index (κ2) is 11.8. The predicted molar refractivity (Wildman–Crippen MR) is 170 cm³/mol. The summed E-state index contributed by atoms with van der Waals surface area (Å²) >= 11 is 6.00. The molecule has 3 fully saturated rings. The van der Waals surface area contributed by atoms with Gasteiger partial charge in [0, 0.05) is 11.5 Å². The van der Waals surface area contributed by atoms with Crippen LogP contribution in [0.4, 0.5) is 42.1 Å². The molecule has 2 saturated heterocycles. The number of carbonyl (C=O) groups excluding carboxylic acids is 4. The maximum atomic E-state index is 14.5. The molecule has 2 aliphatic heterocycles. The minimum Gasteiger partial charge on any atom is -0.504 e. The van der Waals surface area contributed by atoms with Crippen molar-refractivity contribution in [2.75, 3.05) is 16.9 Å². The van der Waals surface area contributed by atoms with E-state index in [9.17, 15) is 55.0 Å². The summed E-state index contributed by atoms with van der Waals surface area (Å²) in [6.07, 6.45) is -9.35. The Balaban J connectivity index is 1.37. The standard InChI is InChI=1S/C36H26ClF7N2O6/c1-34-23(31(49)46(33(34)51)17-6-9-25(38)24(37)13-17)14-22-19(28(34)21-4-3-5-26(52-2)29(21)47)7-8-20-27(22)32(50)45(30(20)48)18-11-15(35(39,40)41)10-16(12-18)36(42,43)44/h3-7,9-13,20,22-23,27-28,47H,8,14H2,1-2H3. The van der Waals surface area contributed by atoms with Gasteiger partial charge in [-0.2, -0.15) is 26.3 Å². The van der Waals surface area contributed by atoms with Crippen molar-refractivity contribution >= 4 is 46.6 Å². The Morgan fingerprint density at radius 2 is 1.50 bits per heavy atom. The number of para-hydroxylation sites is 1. The van der Waals surface area contributed by atoms with Crippen LogP contribution in [0.3, 0.4) is 0 Å². The normalized spacial score (nSPS) is 27.4. The third-order valence-corrected chi connectivity index (χ3v) is 11.1. The van der Waals surface area contributed by atoms with E-state index in [0.717, 1.165) is 17.0 Å². The highest BCUT2D eigenvalue weighted by Gasteiger charge is 2.68. The SMILES string of the molecule is COc1cccc(C2C3=CCC4C(=O)N(c5cc(C(F)(F)F)cc(C(F)(F)F)c5)C(=O)C4C3CC3C(=O)N(c4ccc(F)c(Cl)c4)C(=O)C32C)c1O. The molecule has 2 heterocycles. The van der Waals surface area contributed by atoms with Gasteiger partial charge in [0.2, 0.25) is 23.6 Å². The van der Waals surface area contributed by atoms with E-state index in [0.29, 0.717) is 22.6 Å². The van der Waals surface area contributed by atoms with E-state index in [1.165, 1.54) is 38.3 Å². The number of anilines is 2. The van der Waals surface area contributed by atoms with Gasteiger partial charge in [0.25, 0.3) is 0 Å². The minimum atomic E-state index is -5.25. The lowest BCUT2D eigenvalue weighted by Gasteiger charge is -2.49. The van der Waals surface area contributed by atoms with E-state index in [-0.39, 0.29) is 46.7 Å². The first kappa shape index (κ1) is 35.5. The van der Waals surface area contributed by atoms with Crippen LogP contribution in [0.5, 0.6) is 11.5 Å². The molecule has 6 unspecified atom stereocenters. The molecule has 52 heavy (non-hydrogen) atoms. The lowest BCUT2D eigenvalue weighted by molar-refractivity contribution is -0.143. The number of amides is 4. The first-order chi connectivity index (χ1) is 24.3. The van der Waals surface area contributed by atoms with Gasteiger partial charge in [0.05, 0.1) is 57.8 Å². The molecule has 0 aromatic heterocycles. The van der Waals surface area contributed by atoms with Gasteiger partial charge in [0.1, 0.15) is 5.82 Å². The maximum Gasteiger partial charge on any atom is 0.416 e. The Hall–Kier alpha value is -4.92. The van der Waals surface area contributed by atoms with E-state index >= 15 is 0 Å². The van der Waals surface area contributed by atoms with Gasteiger partial charge >= 0.3 is 12.4 Å². The number of phenols is 1. The quantitative estimate of drug-likeness (QED) is 0.167. The zero-order valence-electron chi connectivity index (χ0n) is 27.0. The molecule has 0 radical (unpaired) electrons. The number of aromatic hydroxyl groups is 1. The Kier molecular flexibility index (Phi) is 8.05.